The zero-order valence-corrected chi connectivity index (χ0v) is 20.0. The van der Waals surface area contributed by atoms with Crippen LogP contribution in [0.1, 0.15) is 53.0 Å². The number of carbonyl (C=O) groups is 1. The van der Waals surface area contributed by atoms with E-state index in [0.29, 0.717) is 31.7 Å². The minimum Gasteiger partial charge on any atom is -0.339 e. The summed E-state index contributed by atoms with van der Waals surface area (Å²) < 4.78 is 5.35. The third-order valence-corrected chi connectivity index (χ3v) is 6.72. The molecule has 0 aliphatic carbocycles. The monoisotopic (exact) mass is 470 g/mol. The van der Waals surface area contributed by atoms with Gasteiger partial charge in [0.05, 0.1) is 12.9 Å². The molecule has 4 aromatic rings. The molecule has 0 saturated carbocycles. The topological polar surface area (TPSA) is 78.0 Å². The molecule has 2 aromatic heterocycles. The number of imidazole rings is 1. The van der Waals surface area contributed by atoms with Crippen molar-refractivity contribution in [1.29, 1.82) is 0 Å². The summed E-state index contributed by atoms with van der Waals surface area (Å²) in [5, 5.41) is 4.73. The number of aromatic nitrogens is 5. The molecule has 5 rings (SSSR count). The largest absolute Gasteiger partial charge is 0.346 e. The summed E-state index contributed by atoms with van der Waals surface area (Å²) in [5.74, 6) is 1.06. The van der Waals surface area contributed by atoms with Gasteiger partial charge in [0, 0.05) is 50.1 Å². The molecule has 180 valence electrons. The summed E-state index contributed by atoms with van der Waals surface area (Å²) in [6.07, 6.45) is 7.06. The van der Waals surface area contributed by atoms with Gasteiger partial charge >= 0.3 is 5.69 Å². The highest BCUT2D eigenvalue weighted by molar-refractivity contribution is 5.94. The van der Waals surface area contributed by atoms with Gasteiger partial charge in [0.2, 0.25) is 0 Å². The van der Waals surface area contributed by atoms with Crippen molar-refractivity contribution < 1.29 is 4.79 Å². The molecule has 8 nitrogen and oxygen atoms in total. The van der Waals surface area contributed by atoms with Gasteiger partial charge in [-0.15, -0.1) is 0 Å². The second-order valence-electron chi connectivity index (χ2n) is 9.03. The Morgan fingerprint density at radius 2 is 1.69 bits per heavy atom. The van der Waals surface area contributed by atoms with Gasteiger partial charge in [-0.3, -0.25) is 9.36 Å². The Balaban J connectivity index is 1.23. The van der Waals surface area contributed by atoms with Crippen LogP contribution in [0.5, 0.6) is 0 Å². The fraction of sp³-hybridized carbons (Fsp3) is 0.333. The molecule has 35 heavy (non-hydrogen) atoms. The SMILES string of the molecule is CCn1c(C2CCN(C(=O)c3ccc(Cn4ccnc4)cc3)CC2)nn(Cc2ccccc2)c1=O. The second kappa shape index (κ2) is 10.1. The molecule has 0 spiro atoms. The number of nitrogens with zero attached hydrogens (tertiary/aromatic N) is 6. The summed E-state index contributed by atoms with van der Waals surface area (Å²) in [6.45, 7) is 5.08. The van der Waals surface area contributed by atoms with E-state index in [4.69, 9.17) is 5.10 Å². The maximum absolute atomic E-state index is 13.1. The first kappa shape index (κ1) is 22.8. The van der Waals surface area contributed by atoms with Gasteiger partial charge < -0.3 is 9.47 Å². The Hall–Kier alpha value is -3.94. The quantitative estimate of drug-likeness (QED) is 0.415. The molecule has 3 heterocycles. The van der Waals surface area contributed by atoms with Crippen LogP contribution < -0.4 is 5.69 Å². The molecule has 1 saturated heterocycles. The second-order valence-corrected chi connectivity index (χ2v) is 9.03. The van der Waals surface area contributed by atoms with Crippen molar-refractivity contribution in [2.45, 2.75) is 45.3 Å². The molecule has 1 aliphatic heterocycles. The first-order valence-electron chi connectivity index (χ1n) is 12.2. The average Bonchev–Trinajstić information content (AvgIpc) is 3.52. The fourth-order valence-electron chi connectivity index (χ4n) is 4.78. The number of carbonyl (C=O) groups excluding carboxylic acids is 1. The van der Waals surface area contributed by atoms with Gasteiger partial charge in [-0.25, -0.2) is 14.5 Å². The summed E-state index contributed by atoms with van der Waals surface area (Å²) in [6, 6.07) is 17.7. The van der Waals surface area contributed by atoms with Gasteiger partial charge in [-0.1, -0.05) is 42.5 Å². The number of benzene rings is 2. The van der Waals surface area contributed by atoms with Gasteiger partial charge in [0.25, 0.3) is 5.91 Å². The van der Waals surface area contributed by atoms with E-state index in [1.54, 1.807) is 21.8 Å². The molecular weight excluding hydrogens is 440 g/mol. The van der Waals surface area contributed by atoms with Crippen molar-refractivity contribution in [3.63, 3.8) is 0 Å². The van der Waals surface area contributed by atoms with E-state index in [1.807, 2.05) is 77.2 Å². The van der Waals surface area contributed by atoms with Crippen LogP contribution in [0.25, 0.3) is 0 Å². The predicted octanol–water partition coefficient (Wildman–Crippen LogP) is 3.38. The van der Waals surface area contributed by atoms with E-state index in [2.05, 4.69) is 4.98 Å². The molecule has 0 radical (unpaired) electrons. The number of rotatable bonds is 7. The van der Waals surface area contributed by atoms with Crippen molar-refractivity contribution in [3.05, 3.63) is 106 Å². The fourth-order valence-corrected chi connectivity index (χ4v) is 4.78. The highest BCUT2D eigenvalue weighted by atomic mass is 16.2. The van der Waals surface area contributed by atoms with E-state index in [-0.39, 0.29) is 17.5 Å². The van der Waals surface area contributed by atoms with Gasteiger partial charge in [0.15, 0.2) is 0 Å². The molecule has 1 aliphatic rings. The Labute approximate surface area is 204 Å². The molecule has 8 heteroatoms. The Bertz CT molecular complexity index is 1310. The molecule has 0 N–H and O–H groups in total. The highest BCUT2D eigenvalue weighted by Gasteiger charge is 2.28. The lowest BCUT2D eigenvalue weighted by Crippen LogP contribution is -2.38. The van der Waals surface area contributed by atoms with Crippen LogP contribution in [0, 0.1) is 0 Å². The number of amides is 1. The van der Waals surface area contributed by atoms with Crippen molar-refractivity contribution in [2.24, 2.45) is 0 Å². The Morgan fingerprint density at radius 3 is 2.34 bits per heavy atom. The molecule has 0 atom stereocenters. The van der Waals surface area contributed by atoms with Crippen molar-refractivity contribution in [3.8, 4) is 0 Å². The van der Waals surface area contributed by atoms with Gasteiger partial charge in [0.1, 0.15) is 5.82 Å². The van der Waals surface area contributed by atoms with Crippen LogP contribution in [0.4, 0.5) is 0 Å². The minimum absolute atomic E-state index is 0.0557. The van der Waals surface area contributed by atoms with E-state index in [1.165, 1.54) is 0 Å². The Kier molecular flexibility index (Phi) is 6.61. The summed E-state index contributed by atoms with van der Waals surface area (Å²) in [5.41, 5.74) is 2.82. The molecule has 0 unspecified atom stereocenters. The van der Waals surface area contributed by atoms with E-state index >= 15 is 0 Å². The zero-order chi connectivity index (χ0) is 24.2. The first-order chi connectivity index (χ1) is 17.1. The maximum atomic E-state index is 13.1. The molecule has 2 aromatic carbocycles. The van der Waals surface area contributed by atoms with Crippen molar-refractivity contribution in [1.82, 2.24) is 28.8 Å². The van der Waals surface area contributed by atoms with Gasteiger partial charge in [-0.05, 0) is 43.0 Å². The predicted molar refractivity (Wildman–Crippen MR) is 133 cm³/mol. The van der Waals surface area contributed by atoms with Crippen LogP contribution in [-0.2, 0) is 19.6 Å². The third kappa shape index (κ3) is 4.96. The molecule has 0 bridgehead atoms. The highest BCUT2D eigenvalue weighted by Crippen LogP contribution is 2.27. The van der Waals surface area contributed by atoms with Crippen LogP contribution in [0.15, 0.2) is 78.1 Å². The third-order valence-electron chi connectivity index (χ3n) is 6.72. The number of piperidine rings is 1. The van der Waals surface area contributed by atoms with Crippen molar-refractivity contribution >= 4 is 5.91 Å². The number of hydrogen-bond acceptors (Lipinski definition) is 4. The lowest BCUT2D eigenvalue weighted by molar-refractivity contribution is 0.0710. The van der Waals surface area contributed by atoms with E-state index in [9.17, 15) is 9.59 Å². The minimum atomic E-state index is -0.0689. The first-order valence-corrected chi connectivity index (χ1v) is 12.2. The standard InChI is InChI=1S/C27H30N6O2/c1-2-32-25(29-33(27(32)35)19-21-6-4-3-5-7-21)23-12-15-31(16-13-23)26(34)24-10-8-22(9-11-24)18-30-17-14-28-20-30/h3-11,14,17,20,23H,2,12-13,15-16,18-19H2,1H3. The summed E-state index contributed by atoms with van der Waals surface area (Å²) in [4.78, 5) is 32.0. The lowest BCUT2D eigenvalue weighted by Gasteiger charge is -2.31. The lowest BCUT2D eigenvalue weighted by atomic mass is 9.95. The van der Waals surface area contributed by atoms with E-state index < -0.39 is 0 Å². The summed E-state index contributed by atoms with van der Waals surface area (Å²) >= 11 is 0. The maximum Gasteiger partial charge on any atom is 0.346 e. The van der Waals surface area contributed by atoms with Crippen LogP contribution in [-0.4, -0.2) is 47.8 Å². The van der Waals surface area contributed by atoms with E-state index in [0.717, 1.165) is 36.3 Å². The average molecular weight is 471 g/mol. The summed E-state index contributed by atoms with van der Waals surface area (Å²) in [7, 11) is 0. The smallest absolute Gasteiger partial charge is 0.339 e. The van der Waals surface area contributed by atoms with Gasteiger partial charge in [-0.2, -0.15) is 5.10 Å². The van der Waals surface area contributed by atoms with Crippen LogP contribution in [0.3, 0.4) is 0 Å². The molecule has 1 fully saturated rings. The molecular formula is C27H30N6O2. The zero-order valence-electron chi connectivity index (χ0n) is 20.0. The number of hydrogen-bond donors (Lipinski definition) is 0. The van der Waals surface area contributed by atoms with Crippen LogP contribution >= 0.6 is 0 Å². The Morgan fingerprint density at radius 1 is 0.971 bits per heavy atom. The normalized spacial score (nSPS) is 14.4. The number of likely N-dealkylation sites (tertiary alicyclic amines) is 1. The van der Waals surface area contributed by atoms with Crippen molar-refractivity contribution in [2.75, 3.05) is 13.1 Å². The van der Waals surface area contributed by atoms with Crippen LogP contribution in [0.2, 0.25) is 0 Å². The molecule has 1 amide bonds.